The molecule has 19 heavy (non-hydrogen) atoms. The number of rotatable bonds is 6. The third-order valence-electron chi connectivity index (χ3n) is 3.14. The van der Waals surface area contributed by atoms with Crippen LogP contribution >= 0.6 is 0 Å². The third-order valence-corrected chi connectivity index (χ3v) is 3.14. The molecule has 2 unspecified atom stereocenters. The van der Waals surface area contributed by atoms with Gasteiger partial charge in [0.15, 0.2) is 0 Å². The lowest BCUT2D eigenvalue weighted by atomic mass is 10.00. The monoisotopic (exact) mass is 273 g/mol. The van der Waals surface area contributed by atoms with Crippen LogP contribution in [0.25, 0.3) is 0 Å². The van der Waals surface area contributed by atoms with Gasteiger partial charge in [-0.25, -0.2) is 9.59 Å². The normalized spacial score (nSPS) is 15.0. The highest BCUT2D eigenvalue weighted by molar-refractivity contribution is 5.89. The van der Waals surface area contributed by atoms with E-state index < -0.39 is 23.6 Å². The van der Waals surface area contributed by atoms with Crippen LogP contribution in [0.1, 0.15) is 34.1 Å². The van der Waals surface area contributed by atoms with Gasteiger partial charge in [-0.3, -0.25) is 4.79 Å². The molecule has 0 bridgehead atoms. The van der Waals surface area contributed by atoms with E-state index in [1.807, 2.05) is 6.92 Å². The van der Waals surface area contributed by atoms with Crippen molar-refractivity contribution in [2.45, 2.75) is 45.7 Å². The molecule has 110 valence electrons. The van der Waals surface area contributed by atoms with Crippen LogP contribution < -0.4 is 10.6 Å². The molecule has 7 heteroatoms. The van der Waals surface area contributed by atoms with Crippen LogP contribution in [0.2, 0.25) is 0 Å². The Morgan fingerprint density at radius 2 is 1.84 bits per heavy atom. The largest absolute Gasteiger partial charge is 0.480 e. The van der Waals surface area contributed by atoms with E-state index in [0.717, 1.165) is 0 Å². The summed E-state index contributed by atoms with van der Waals surface area (Å²) >= 11 is 0. The number of carboxylic acid groups (broad SMARTS) is 1. The Balaban J connectivity index is 4.55. The number of aliphatic carboxylic acids is 1. The van der Waals surface area contributed by atoms with Crippen molar-refractivity contribution in [3.63, 3.8) is 0 Å². The lowest BCUT2D eigenvalue weighted by molar-refractivity contribution is -0.143. The minimum absolute atomic E-state index is 0.230. The van der Waals surface area contributed by atoms with Crippen LogP contribution in [0.4, 0.5) is 4.79 Å². The first-order valence-electron chi connectivity index (χ1n) is 6.25. The molecule has 2 atom stereocenters. The van der Waals surface area contributed by atoms with Gasteiger partial charge in [0.2, 0.25) is 5.91 Å². The van der Waals surface area contributed by atoms with Gasteiger partial charge in [-0.1, -0.05) is 6.92 Å². The van der Waals surface area contributed by atoms with Gasteiger partial charge in [-0.2, -0.15) is 0 Å². The molecule has 0 rings (SSSR count). The second-order valence-corrected chi connectivity index (χ2v) is 4.66. The Morgan fingerprint density at radius 3 is 2.21 bits per heavy atom. The Morgan fingerprint density at radius 1 is 1.32 bits per heavy atom. The minimum atomic E-state index is -1.34. The molecule has 7 nitrogen and oxygen atoms in total. The SMILES string of the molecule is CCN(C)C(=O)C(C)NC(=O)NC(C)(CC)C(=O)O. The summed E-state index contributed by atoms with van der Waals surface area (Å²) in [5, 5.41) is 13.8. The molecule has 0 saturated carbocycles. The highest BCUT2D eigenvalue weighted by Gasteiger charge is 2.33. The summed E-state index contributed by atoms with van der Waals surface area (Å²) in [6.07, 6.45) is 0.243. The number of hydrogen-bond donors (Lipinski definition) is 3. The lowest BCUT2D eigenvalue weighted by Gasteiger charge is -2.26. The number of carbonyl (C=O) groups is 3. The van der Waals surface area contributed by atoms with Crippen LogP contribution in [0.3, 0.4) is 0 Å². The van der Waals surface area contributed by atoms with E-state index in [-0.39, 0.29) is 12.3 Å². The maximum Gasteiger partial charge on any atom is 0.329 e. The van der Waals surface area contributed by atoms with E-state index in [2.05, 4.69) is 10.6 Å². The van der Waals surface area contributed by atoms with Crippen LogP contribution in [0.15, 0.2) is 0 Å². The Kier molecular flexibility index (Phi) is 6.31. The fraction of sp³-hybridized carbons (Fsp3) is 0.750. The number of carboxylic acids is 1. The molecule has 0 aromatic rings. The topological polar surface area (TPSA) is 98.7 Å². The zero-order valence-electron chi connectivity index (χ0n) is 12.1. The third kappa shape index (κ3) is 4.76. The predicted octanol–water partition coefficient (Wildman–Crippen LogP) is 0.406. The average molecular weight is 273 g/mol. The molecular weight excluding hydrogens is 250 g/mol. The van der Waals surface area contributed by atoms with E-state index >= 15 is 0 Å². The maximum absolute atomic E-state index is 11.7. The van der Waals surface area contributed by atoms with Gasteiger partial charge in [0.05, 0.1) is 0 Å². The summed E-state index contributed by atoms with van der Waals surface area (Å²) in [5.41, 5.74) is -1.34. The van der Waals surface area contributed by atoms with E-state index in [4.69, 9.17) is 5.11 Å². The molecular formula is C12H23N3O4. The predicted molar refractivity (Wildman–Crippen MR) is 70.8 cm³/mol. The smallest absolute Gasteiger partial charge is 0.329 e. The van der Waals surface area contributed by atoms with Crippen molar-refractivity contribution in [1.82, 2.24) is 15.5 Å². The highest BCUT2D eigenvalue weighted by atomic mass is 16.4. The number of urea groups is 1. The van der Waals surface area contributed by atoms with Gasteiger partial charge < -0.3 is 20.6 Å². The molecule has 0 aliphatic rings. The first-order chi connectivity index (χ1) is 8.67. The molecule has 0 aliphatic heterocycles. The highest BCUT2D eigenvalue weighted by Crippen LogP contribution is 2.08. The van der Waals surface area contributed by atoms with E-state index in [9.17, 15) is 14.4 Å². The summed E-state index contributed by atoms with van der Waals surface area (Å²) in [6, 6.07) is -1.38. The summed E-state index contributed by atoms with van der Waals surface area (Å²) in [6.45, 7) is 6.99. The first-order valence-corrected chi connectivity index (χ1v) is 6.25. The molecule has 0 aromatic carbocycles. The maximum atomic E-state index is 11.7. The van der Waals surface area contributed by atoms with Crippen molar-refractivity contribution in [2.24, 2.45) is 0 Å². The van der Waals surface area contributed by atoms with Gasteiger partial charge >= 0.3 is 12.0 Å². The zero-order valence-corrected chi connectivity index (χ0v) is 12.1. The van der Waals surface area contributed by atoms with Crippen molar-refractivity contribution in [1.29, 1.82) is 0 Å². The minimum Gasteiger partial charge on any atom is -0.480 e. The number of amides is 3. The van der Waals surface area contributed by atoms with Gasteiger partial charge in [0.1, 0.15) is 11.6 Å². The number of likely N-dealkylation sites (N-methyl/N-ethyl adjacent to an activating group) is 1. The van der Waals surface area contributed by atoms with Crippen molar-refractivity contribution < 1.29 is 19.5 Å². The quantitative estimate of drug-likeness (QED) is 0.652. The Bertz CT molecular complexity index is 359. The second-order valence-electron chi connectivity index (χ2n) is 4.66. The van der Waals surface area contributed by atoms with E-state index in [1.54, 1.807) is 20.9 Å². The number of nitrogens with one attached hydrogen (secondary N) is 2. The summed E-state index contributed by atoms with van der Waals surface area (Å²) < 4.78 is 0. The van der Waals surface area contributed by atoms with Gasteiger partial charge in [-0.15, -0.1) is 0 Å². The second kappa shape index (κ2) is 6.96. The molecule has 0 aromatic heterocycles. The molecule has 0 aliphatic carbocycles. The van der Waals surface area contributed by atoms with Crippen molar-refractivity contribution in [2.75, 3.05) is 13.6 Å². The standard InChI is InChI=1S/C12H23N3O4/c1-6-12(4,10(17)18)14-11(19)13-8(3)9(16)15(5)7-2/h8H,6-7H2,1-5H3,(H,17,18)(H2,13,14,19). The number of carbonyl (C=O) groups excluding carboxylic acids is 2. The van der Waals surface area contributed by atoms with Crippen LogP contribution in [0.5, 0.6) is 0 Å². The molecule has 0 spiro atoms. The first kappa shape index (κ1) is 17.2. The van der Waals surface area contributed by atoms with Crippen molar-refractivity contribution in [3.05, 3.63) is 0 Å². The average Bonchev–Trinajstić information content (AvgIpc) is 2.35. The van der Waals surface area contributed by atoms with Crippen molar-refractivity contribution >= 4 is 17.9 Å². The van der Waals surface area contributed by atoms with Gasteiger partial charge in [-0.05, 0) is 27.2 Å². The van der Waals surface area contributed by atoms with E-state index in [0.29, 0.717) is 6.54 Å². The van der Waals surface area contributed by atoms with Crippen LogP contribution in [-0.2, 0) is 9.59 Å². The zero-order chi connectivity index (χ0) is 15.2. The van der Waals surface area contributed by atoms with Gasteiger partial charge in [0.25, 0.3) is 0 Å². The van der Waals surface area contributed by atoms with E-state index in [1.165, 1.54) is 11.8 Å². The Hall–Kier alpha value is -1.79. The van der Waals surface area contributed by atoms with Crippen molar-refractivity contribution in [3.8, 4) is 0 Å². The molecule has 3 amide bonds. The molecule has 0 heterocycles. The number of nitrogens with zero attached hydrogens (tertiary/aromatic N) is 1. The molecule has 0 saturated heterocycles. The molecule has 0 radical (unpaired) electrons. The summed E-state index contributed by atoms with van der Waals surface area (Å²) in [4.78, 5) is 36.0. The summed E-state index contributed by atoms with van der Waals surface area (Å²) in [5.74, 6) is -1.35. The van der Waals surface area contributed by atoms with Crippen LogP contribution in [-0.4, -0.2) is 53.1 Å². The summed E-state index contributed by atoms with van der Waals surface area (Å²) in [7, 11) is 1.63. The molecule has 0 fully saturated rings. The fourth-order valence-corrected chi connectivity index (χ4v) is 1.32. The number of hydrogen-bond acceptors (Lipinski definition) is 3. The van der Waals surface area contributed by atoms with Crippen LogP contribution in [0, 0.1) is 0 Å². The van der Waals surface area contributed by atoms with Gasteiger partial charge in [0, 0.05) is 13.6 Å². The fourth-order valence-electron chi connectivity index (χ4n) is 1.32. The molecule has 3 N–H and O–H groups in total. The lowest BCUT2D eigenvalue weighted by Crippen LogP contribution is -2.57. The Labute approximate surface area is 113 Å².